The lowest BCUT2D eigenvalue weighted by Gasteiger charge is -2.49. The van der Waals surface area contributed by atoms with Crippen LogP contribution in [0, 0.1) is 5.41 Å². The number of carbonyl (C=O) groups excluding carboxylic acids is 1. The lowest BCUT2D eigenvalue weighted by atomic mass is 9.64. The van der Waals surface area contributed by atoms with E-state index in [4.69, 9.17) is 0 Å². The minimum Gasteiger partial charge on any atom is -0.392 e. The minimum absolute atomic E-state index is 0.00375. The molecule has 0 saturated heterocycles. The van der Waals surface area contributed by atoms with Gasteiger partial charge in [-0.2, -0.15) is 0 Å². The molecular formula is C16H22N2O2. The van der Waals surface area contributed by atoms with Crippen LogP contribution >= 0.6 is 0 Å². The SMILES string of the molecule is CC1(C)C(O)CC1Nc1cccc(C(=O)NC2CC2)c1. The fraction of sp³-hybridized carbons (Fsp3) is 0.562. The summed E-state index contributed by atoms with van der Waals surface area (Å²) in [4.78, 5) is 12.0. The molecule has 2 atom stereocenters. The number of benzene rings is 1. The third-order valence-electron chi connectivity index (χ3n) is 4.59. The first-order chi connectivity index (χ1) is 9.46. The first-order valence-corrected chi connectivity index (χ1v) is 7.32. The number of aliphatic hydroxyl groups is 1. The molecule has 2 saturated carbocycles. The number of hydrogen-bond donors (Lipinski definition) is 3. The summed E-state index contributed by atoms with van der Waals surface area (Å²) in [6.45, 7) is 4.12. The highest BCUT2D eigenvalue weighted by molar-refractivity contribution is 5.95. The van der Waals surface area contributed by atoms with Gasteiger partial charge in [-0.15, -0.1) is 0 Å². The van der Waals surface area contributed by atoms with Crippen molar-refractivity contribution in [2.24, 2.45) is 5.41 Å². The van der Waals surface area contributed by atoms with Gasteiger partial charge in [-0.1, -0.05) is 19.9 Å². The molecule has 1 aromatic rings. The Balaban J connectivity index is 1.66. The van der Waals surface area contributed by atoms with E-state index in [1.807, 2.05) is 24.3 Å². The van der Waals surface area contributed by atoms with Crippen molar-refractivity contribution in [2.75, 3.05) is 5.32 Å². The Labute approximate surface area is 119 Å². The zero-order valence-corrected chi connectivity index (χ0v) is 12.0. The highest BCUT2D eigenvalue weighted by atomic mass is 16.3. The predicted octanol–water partition coefficient (Wildman–Crippen LogP) is 2.15. The first kappa shape index (κ1) is 13.4. The molecule has 0 aromatic heterocycles. The summed E-state index contributed by atoms with van der Waals surface area (Å²) in [5, 5.41) is 16.2. The molecule has 108 valence electrons. The number of hydrogen-bond acceptors (Lipinski definition) is 3. The summed E-state index contributed by atoms with van der Waals surface area (Å²) in [5.74, 6) is 0.00375. The fourth-order valence-corrected chi connectivity index (χ4v) is 2.60. The van der Waals surface area contributed by atoms with Gasteiger partial charge in [0, 0.05) is 28.7 Å². The fourth-order valence-electron chi connectivity index (χ4n) is 2.60. The molecule has 3 rings (SSSR count). The average Bonchev–Trinajstić information content (AvgIpc) is 3.23. The topological polar surface area (TPSA) is 61.4 Å². The second-order valence-electron chi connectivity index (χ2n) is 6.60. The van der Waals surface area contributed by atoms with E-state index in [9.17, 15) is 9.90 Å². The molecule has 20 heavy (non-hydrogen) atoms. The maximum atomic E-state index is 12.0. The van der Waals surface area contributed by atoms with E-state index in [-0.39, 0.29) is 23.5 Å². The maximum Gasteiger partial charge on any atom is 0.251 e. The van der Waals surface area contributed by atoms with E-state index in [0.717, 1.165) is 24.9 Å². The van der Waals surface area contributed by atoms with Crippen molar-refractivity contribution in [2.45, 2.75) is 51.3 Å². The van der Waals surface area contributed by atoms with Gasteiger partial charge in [-0.05, 0) is 37.5 Å². The second kappa shape index (κ2) is 4.77. The van der Waals surface area contributed by atoms with Crippen LogP contribution in [0.1, 0.15) is 43.5 Å². The van der Waals surface area contributed by atoms with Gasteiger partial charge < -0.3 is 15.7 Å². The molecule has 1 aromatic carbocycles. The van der Waals surface area contributed by atoms with Crippen molar-refractivity contribution in [1.82, 2.24) is 5.32 Å². The van der Waals surface area contributed by atoms with Crippen LogP contribution in [-0.2, 0) is 0 Å². The van der Waals surface area contributed by atoms with Crippen LogP contribution in [0.3, 0.4) is 0 Å². The molecular weight excluding hydrogens is 252 g/mol. The Hall–Kier alpha value is -1.55. The molecule has 3 N–H and O–H groups in total. The standard InChI is InChI=1S/C16H22N2O2/c1-16(2)13(9-14(16)19)17-12-5-3-4-10(8-12)15(20)18-11-6-7-11/h3-5,8,11,13-14,17,19H,6-7,9H2,1-2H3,(H,18,20). The summed E-state index contributed by atoms with van der Waals surface area (Å²) in [6.07, 6.45) is 2.70. The Morgan fingerprint density at radius 2 is 2.10 bits per heavy atom. The van der Waals surface area contributed by atoms with E-state index in [2.05, 4.69) is 24.5 Å². The zero-order valence-electron chi connectivity index (χ0n) is 12.0. The van der Waals surface area contributed by atoms with Crippen molar-refractivity contribution < 1.29 is 9.90 Å². The smallest absolute Gasteiger partial charge is 0.251 e. The molecule has 0 bridgehead atoms. The Bertz CT molecular complexity index is 523. The maximum absolute atomic E-state index is 12.0. The monoisotopic (exact) mass is 274 g/mol. The molecule has 2 aliphatic carbocycles. The third kappa shape index (κ3) is 2.52. The number of carbonyl (C=O) groups is 1. The van der Waals surface area contributed by atoms with Gasteiger partial charge in [0.05, 0.1) is 6.10 Å². The van der Waals surface area contributed by atoms with Gasteiger partial charge in [-0.25, -0.2) is 0 Å². The van der Waals surface area contributed by atoms with Crippen LogP contribution in [-0.4, -0.2) is 29.2 Å². The highest BCUT2D eigenvalue weighted by Gasteiger charge is 2.47. The summed E-state index contributed by atoms with van der Waals surface area (Å²) >= 11 is 0. The molecule has 4 heteroatoms. The molecule has 0 radical (unpaired) electrons. The van der Waals surface area contributed by atoms with Crippen molar-refractivity contribution >= 4 is 11.6 Å². The van der Waals surface area contributed by atoms with Crippen molar-refractivity contribution in [1.29, 1.82) is 0 Å². The Kier molecular flexibility index (Phi) is 3.21. The molecule has 1 amide bonds. The minimum atomic E-state index is -0.249. The number of aliphatic hydroxyl groups excluding tert-OH is 1. The van der Waals surface area contributed by atoms with Crippen LogP contribution in [0.4, 0.5) is 5.69 Å². The Morgan fingerprint density at radius 1 is 1.35 bits per heavy atom. The molecule has 0 aliphatic heterocycles. The molecule has 4 nitrogen and oxygen atoms in total. The molecule has 2 fully saturated rings. The number of nitrogens with one attached hydrogen (secondary N) is 2. The first-order valence-electron chi connectivity index (χ1n) is 7.32. The summed E-state index contributed by atoms with van der Waals surface area (Å²) in [7, 11) is 0. The molecule has 2 unspecified atom stereocenters. The lowest BCUT2D eigenvalue weighted by molar-refractivity contribution is -0.0510. The van der Waals surface area contributed by atoms with E-state index in [1.165, 1.54) is 0 Å². The lowest BCUT2D eigenvalue weighted by Crippen LogP contribution is -2.56. The number of rotatable bonds is 4. The highest BCUT2D eigenvalue weighted by Crippen LogP contribution is 2.42. The van der Waals surface area contributed by atoms with Crippen molar-refractivity contribution in [3.05, 3.63) is 29.8 Å². The summed E-state index contributed by atoms with van der Waals surface area (Å²) < 4.78 is 0. The van der Waals surface area contributed by atoms with E-state index in [0.29, 0.717) is 11.6 Å². The van der Waals surface area contributed by atoms with E-state index < -0.39 is 0 Å². The van der Waals surface area contributed by atoms with Gasteiger partial charge in [0.1, 0.15) is 0 Å². The zero-order chi connectivity index (χ0) is 14.3. The molecule has 2 aliphatic rings. The third-order valence-corrected chi connectivity index (χ3v) is 4.59. The van der Waals surface area contributed by atoms with Gasteiger partial charge >= 0.3 is 0 Å². The molecule has 0 heterocycles. The normalized spacial score (nSPS) is 27.6. The number of anilines is 1. The summed E-state index contributed by atoms with van der Waals surface area (Å²) in [5.41, 5.74) is 1.52. The van der Waals surface area contributed by atoms with E-state index in [1.54, 1.807) is 0 Å². The largest absolute Gasteiger partial charge is 0.392 e. The van der Waals surface area contributed by atoms with E-state index >= 15 is 0 Å². The van der Waals surface area contributed by atoms with Crippen LogP contribution in [0.2, 0.25) is 0 Å². The van der Waals surface area contributed by atoms with Gasteiger partial charge in [-0.3, -0.25) is 4.79 Å². The van der Waals surface area contributed by atoms with Gasteiger partial charge in [0.25, 0.3) is 5.91 Å². The van der Waals surface area contributed by atoms with Gasteiger partial charge in [0.15, 0.2) is 0 Å². The van der Waals surface area contributed by atoms with Crippen molar-refractivity contribution in [3.63, 3.8) is 0 Å². The van der Waals surface area contributed by atoms with Gasteiger partial charge in [0.2, 0.25) is 0 Å². The van der Waals surface area contributed by atoms with Crippen LogP contribution in [0.25, 0.3) is 0 Å². The Morgan fingerprint density at radius 3 is 2.70 bits per heavy atom. The van der Waals surface area contributed by atoms with Crippen LogP contribution in [0.15, 0.2) is 24.3 Å². The second-order valence-corrected chi connectivity index (χ2v) is 6.60. The predicted molar refractivity (Wildman–Crippen MR) is 78.7 cm³/mol. The number of amides is 1. The van der Waals surface area contributed by atoms with Crippen LogP contribution in [0.5, 0.6) is 0 Å². The van der Waals surface area contributed by atoms with Crippen LogP contribution < -0.4 is 10.6 Å². The van der Waals surface area contributed by atoms with Crippen molar-refractivity contribution in [3.8, 4) is 0 Å². The average molecular weight is 274 g/mol. The quantitative estimate of drug-likeness (QED) is 0.788. The summed E-state index contributed by atoms with van der Waals surface area (Å²) in [6, 6.07) is 8.21. The molecule has 0 spiro atoms.